The standard InChI is InChI=1S/C24H26N2O7S/c1-30-20-8-9-21(31-2)22(16-20)34(28,29)26-13-11-25(12-14-26)24(27)23-18(10-15-32-23)17-33-19-6-4-3-5-7-19/h3-10,15-16H,11-14,17H2,1-2H3. The van der Waals surface area contributed by atoms with Gasteiger partial charge in [0, 0.05) is 37.8 Å². The first-order chi connectivity index (χ1) is 16.4. The third-order valence-corrected chi connectivity index (χ3v) is 7.51. The molecule has 9 nitrogen and oxygen atoms in total. The Morgan fingerprint density at radius 2 is 1.68 bits per heavy atom. The van der Waals surface area contributed by atoms with Crippen molar-refractivity contribution < 1.29 is 31.8 Å². The highest BCUT2D eigenvalue weighted by Crippen LogP contribution is 2.31. The van der Waals surface area contributed by atoms with Crippen LogP contribution in [0.3, 0.4) is 0 Å². The molecule has 1 saturated heterocycles. The first-order valence-electron chi connectivity index (χ1n) is 10.7. The molecule has 0 atom stereocenters. The number of rotatable bonds is 8. The zero-order valence-corrected chi connectivity index (χ0v) is 19.8. The molecule has 1 amide bonds. The minimum Gasteiger partial charge on any atom is -0.497 e. The summed E-state index contributed by atoms with van der Waals surface area (Å²) in [5, 5.41) is 0. The van der Waals surface area contributed by atoms with Crippen molar-refractivity contribution >= 4 is 15.9 Å². The molecular formula is C24H26N2O7S. The molecule has 4 rings (SSSR count). The van der Waals surface area contributed by atoms with Gasteiger partial charge in [-0.25, -0.2) is 8.42 Å². The van der Waals surface area contributed by atoms with Gasteiger partial charge in [0.05, 0.1) is 20.5 Å². The minimum absolute atomic E-state index is 0.0282. The van der Waals surface area contributed by atoms with Gasteiger partial charge in [-0.2, -0.15) is 4.31 Å². The van der Waals surface area contributed by atoms with E-state index in [1.165, 1.54) is 30.9 Å². The summed E-state index contributed by atoms with van der Waals surface area (Å²) >= 11 is 0. The Hall–Kier alpha value is -3.50. The van der Waals surface area contributed by atoms with Crippen LogP contribution in [0.4, 0.5) is 0 Å². The third-order valence-electron chi connectivity index (χ3n) is 5.59. The maximum absolute atomic E-state index is 13.3. The van der Waals surface area contributed by atoms with Gasteiger partial charge in [0.15, 0.2) is 5.76 Å². The van der Waals surface area contributed by atoms with E-state index in [0.29, 0.717) is 17.1 Å². The second-order valence-corrected chi connectivity index (χ2v) is 9.50. The highest BCUT2D eigenvalue weighted by Gasteiger charge is 2.34. The van der Waals surface area contributed by atoms with Crippen LogP contribution >= 0.6 is 0 Å². The van der Waals surface area contributed by atoms with Crippen LogP contribution in [0, 0.1) is 0 Å². The molecule has 34 heavy (non-hydrogen) atoms. The number of carbonyl (C=O) groups excluding carboxylic acids is 1. The predicted molar refractivity (Wildman–Crippen MR) is 124 cm³/mol. The van der Waals surface area contributed by atoms with E-state index in [9.17, 15) is 13.2 Å². The van der Waals surface area contributed by atoms with Gasteiger partial charge in [0.2, 0.25) is 10.0 Å². The highest BCUT2D eigenvalue weighted by molar-refractivity contribution is 7.89. The van der Waals surface area contributed by atoms with E-state index in [-0.39, 0.29) is 55.1 Å². The van der Waals surface area contributed by atoms with Gasteiger partial charge in [-0.15, -0.1) is 0 Å². The average molecular weight is 487 g/mol. The predicted octanol–water partition coefficient (Wildman–Crippen LogP) is 3.02. The molecule has 1 fully saturated rings. The average Bonchev–Trinajstić information content (AvgIpc) is 3.36. The summed E-state index contributed by atoms with van der Waals surface area (Å²) in [6.07, 6.45) is 1.45. The van der Waals surface area contributed by atoms with E-state index in [4.69, 9.17) is 18.6 Å². The Kier molecular flexibility index (Phi) is 7.09. The molecule has 2 heterocycles. The summed E-state index contributed by atoms with van der Waals surface area (Å²) in [7, 11) is -0.956. The van der Waals surface area contributed by atoms with Crippen LogP contribution in [0.2, 0.25) is 0 Å². The van der Waals surface area contributed by atoms with Gasteiger partial charge >= 0.3 is 0 Å². The number of methoxy groups -OCH3 is 2. The molecule has 10 heteroatoms. The number of carbonyl (C=O) groups is 1. The van der Waals surface area contributed by atoms with Crippen LogP contribution in [0.15, 0.2) is 70.2 Å². The van der Waals surface area contributed by atoms with E-state index in [1.807, 2.05) is 30.3 Å². The molecule has 1 aliphatic rings. The highest BCUT2D eigenvalue weighted by atomic mass is 32.2. The maximum Gasteiger partial charge on any atom is 0.290 e. The summed E-state index contributed by atoms with van der Waals surface area (Å²) in [4.78, 5) is 14.7. The van der Waals surface area contributed by atoms with Crippen LogP contribution in [0.5, 0.6) is 17.2 Å². The van der Waals surface area contributed by atoms with Crippen molar-refractivity contribution in [1.29, 1.82) is 0 Å². The Bertz CT molecular complexity index is 1230. The second kappa shape index (κ2) is 10.2. The third kappa shape index (κ3) is 4.87. The van der Waals surface area contributed by atoms with Gasteiger partial charge in [-0.1, -0.05) is 18.2 Å². The largest absolute Gasteiger partial charge is 0.497 e. The normalized spacial score (nSPS) is 14.6. The topological polar surface area (TPSA) is 98.5 Å². The molecule has 0 unspecified atom stereocenters. The molecule has 0 spiro atoms. The minimum atomic E-state index is -3.84. The van der Waals surface area contributed by atoms with Crippen molar-refractivity contribution in [3.8, 4) is 17.2 Å². The number of nitrogens with zero attached hydrogens (tertiary/aromatic N) is 2. The molecule has 0 aliphatic carbocycles. The molecule has 0 bridgehead atoms. The first-order valence-corrected chi connectivity index (χ1v) is 12.1. The fraction of sp³-hybridized carbons (Fsp3) is 0.292. The summed E-state index contributed by atoms with van der Waals surface area (Å²) in [6.45, 7) is 0.926. The fourth-order valence-electron chi connectivity index (χ4n) is 3.71. The molecule has 3 aromatic rings. The summed E-state index contributed by atoms with van der Waals surface area (Å²) in [6, 6.07) is 15.6. The van der Waals surface area contributed by atoms with E-state index in [0.717, 1.165) is 0 Å². The lowest BCUT2D eigenvalue weighted by Crippen LogP contribution is -2.50. The SMILES string of the molecule is COc1ccc(OC)c(S(=O)(=O)N2CCN(C(=O)c3occc3COc3ccccc3)CC2)c1. The lowest BCUT2D eigenvalue weighted by molar-refractivity contribution is 0.0662. The summed E-state index contributed by atoms with van der Waals surface area (Å²) < 4.78 is 49.5. The smallest absolute Gasteiger partial charge is 0.290 e. The Morgan fingerprint density at radius 1 is 0.941 bits per heavy atom. The molecule has 180 valence electrons. The van der Waals surface area contributed by atoms with Crippen LogP contribution in [-0.4, -0.2) is 63.9 Å². The van der Waals surface area contributed by atoms with E-state index >= 15 is 0 Å². The molecule has 2 aromatic carbocycles. The molecule has 0 N–H and O–H groups in total. The molecule has 1 aromatic heterocycles. The van der Waals surface area contributed by atoms with Crippen LogP contribution < -0.4 is 14.2 Å². The summed E-state index contributed by atoms with van der Waals surface area (Å²) in [5.41, 5.74) is 0.630. The number of furan rings is 1. The van der Waals surface area contributed by atoms with Crippen molar-refractivity contribution in [2.24, 2.45) is 0 Å². The molecule has 0 radical (unpaired) electrons. The number of benzene rings is 2. The van der Waals surface area contributed by atoms with Crippen molar-refractivity contribution in [2.75, 3.05) is 40.4 Å². The van der Waals surface area contributed by atoms with Gasteiger partial charge in [0.1, 0.15) is 28.8 Å². The number of hydrogen-bond donors (Lipinski definition) is 0. The second-order valence-electron chi connectivity index (χ2n) is 7.59. The lowest BCUT2D eigenvalue weighted by Gasteiger charge is -2.34. The Labute approximate surface area is 198 Å². The number of sulfonamides is 1. The number of ether oxygens (including phenoxy) is 3. The Morgan fingerprint density at radius 3 is 2.35 bits per heavy atom. The van der Waals surface area contributed by atoms with Crippen molar-refractivity contribution in [3.05, 3.63) is 72.2 Å². The first kappa shape index (κ1) is 23.7. The van der Waals surface area contributed by atoms with Crippen LogP contribution in [-0.2, 0) is 16.6 Å². The zero-order chi connectivity index (χ0) is 24.1. The molecular weight excluding hydrogens is 460 g/mol. The fourth-order valence-corrected chi connectivity index (χ4v) is 5.31. The number of amides is 1. The summed E-state index contributed by atoms with van der Waals surface area (Å²) in [5.74, 6) is 1.23. The van der Waals surface area contributed by atoms with Gasteiger partial charge < -0.3 is 23.5 Å². The van der Waals surface area contributed by atoms with Gasteiger partial charge in [-0.05, 0) is 30.3 Å². The van der Waals surface area contributed by atoms with Crippen molar-refractivity contribution in [1.82, 2.24) is 9.21 Å². The van der Waals surface area contributed by atoms with Gasteiger partial charge in [-0.3, -0.25) is 4.79 Å². The lowest BCUT2D eigenvalue weighted by atomic mass is 10.2. The molecule has 0 saturated carbocycles. The van der Waals surface area contributed by atoms with Crippen molar-refractivity contribution in [3.63, 3.8) is 0 Å². The van der Waals surface area contributed by atoms with Crippen LogP contribution in [0.1, 0.15) is 16.1 Å². The number of para-hydroxylation sites is 1. The Balaban J connectivity index is 1.43. The van der Waals surface area contributed by atoms with Crippen molar-refractivity contribution in [2.45, 2.75) is 11.5 Å². The number of piperazine rings is 1. The van der Waals surface area contributed by atoms with Gasteiger partial charge in [0.25, 0.3) is 5.91 Å². The van der Waals surface area contributed by atoms with E-state index in [1.54, 1.807) is 23.1 Å². The van der Waals surface area contributed by atoms with E-state index in [2.05, 4.69) is 0 Å². The maximum atomic E-state index is 13.3. The zero-order valence-electron chi connectivity index (χ0n) is 19.0. The quantitative estimate of drug-likeness (QED) is 0.483. The number of hydrogen-bond acceptors (Lipinski definition) is 7. The van der Waals surface area contributed by atoms with Crippen LogP contribution in [0.25, 0.3) is 0 Å². The van der Waals surface area contributed by atoms with E-state index < -0.39 is 10.0 Å². The molecule has 1 aliphatic heterocycles. The monoisotopic (exact) mass is 486 g/mol.